The Morgan fingerprint density at radius 3 is 1.22 bits per heavy atom. The topological polar surface area (TPSA) is 52.6 Å². The van der Waals surface area contributed by atoms with E-state index < -0.39 is 0 Å². The Kier molecular flexibility index (Phi) is 21.9. The van der Waals surface area contributed by atoms with E-state index in [4.69, 9.17) is 9.47 Å². The molecule has 4 nitrogen and oxygen atoms in total. The van der Waals surface area contributed by atoms with E-state index in [1.54, 1.807) is 0 Å². The van der Waals surface area contributed by atoms with Gasteiger partial charge < -0.3 is 9.47 Å². The Bertz CT molecular complexity index is 472. The molecule has 32 heavy (non-hydrogen) atoms. The minimum Gasteiger partial charge on any atom is -0.463 e. The average Bonchev–Trinajstić information content (AvgIpc) is 2.77. The summed E-state index contributed by atoms with van der Waals surface area (Å²) in [6.45, 7) is 7.97. The highest BCUT2D eigenvalue weighted by Crippen LogP contribution is 2.12. The van der Waals surface area contributed by atoms with Crippen LogP contribution in [0.5, 0.6) is 0 Å². The van der Waals surface area contributed by atoms with Crippen molar-refractivity contribution in [2.24, 2.45) is 0 Å². The van der Waals surface area contributed by atoms with Gasteiger partial charge in [0.15, 0.2) is 0 Å². The summed E-state index contributed by atoms with van der Waals surface area (Å²) in [5, 5.41) is 0. The van der Waals surface area contributed by atoms with Gasteiger partial charge in [-0.3, -0.25) is 9.59 Å². The molecular formula is C28H52O4. The zero-order valence-electron chi connectivity index (χ0n) is 21.7. The maximum absolute atomic E-state index is 11.6. The van der Waals surface area contributed by atoms with Crippen molar-refractivity contribution in [2.75, 3.05) is 0 Å². The van der Waals surface area contributed by atoms with Crippen LogP contribution >= 0.6 is 0 Å². The van der Waals surface area contributed by atoms with E-state index in [0.29, 0.717) is 12.8 Å². The molecular weight excluding hydrogens is 400 g/mol. The molecule has 0 aromatic heterocycles. The molecule has 0 aromatic carbocycles. The van der Waals surface area contributed by atoms with Crippen molar-refractivity contribution in [2.45, 2.75) is 155 Å². The highest BCUT2D eigenvalue weighted by atomic mass is 16.5. The lowest BCUT2D eigenvalue weighted by atomic mass is 10.1. The molecule has 0 saturated heterocycles. The molecule has 0 rings (SSSR count). The highest BCUT2D eigenvalue weighted by Gasteiger charge is 2.07. The molecule has 188 valence electrons. The van der Waals surface area contributed by atoms with Crippen LogP contribution in [0, 0.1) is 0 Å². The number of esters is 2. The van der Waals surface area contributed by atoms with E-state index in [1.165, 1.54) is 57.8 Å². The summed E-state index contributed by atoms with van der Waals surface area (Å²) in [5.41, 5.74) is 0. The van der Waals surface area contributed by atoms with Gasteiger partial charge >= 0.3 is 11.9 Å². The van der Waals surface area contributed by atoms with Crippen molar-refractivity contribution in [3.8, 4) is 0 Å². The molecule has 2 atom stereocenters. The zero-order chi connectivity index (χ0) is 23.9. The molecule has 0 fully saturated rings. The van der Waals surface area contributed by atoms with Crippen LogP contribution in [0.25, 0.3) is 0 Å². The maximum atomic E-state index is 11.6. The van der Waals surface area contributed by atoms with Gasteiger partial charge in [-0.25, -0.2) is 0 Å². The maximum Gasteiger partial charge on any atom is 0.306 e. The Morgan fingerprint density at radius 1 is 0.562 bits per heavy atom. The molecule has 0 radical (unpaired) electrons. The monoisotopic (exact) mass is 452 g/mol. The summed E-state index contributed by atoms with van der Waals surface area (Å²) in [4.78, 5) is 23.2. The second-order valence-corrected chi connectivity index (χ2v) is 9.21. The Labute approximate surface area is 198 Å². The Hall–Kier alpha value is -1.32. The predicted octanol–water partition coefficient (Wildman–Crippen LogP) is 8.47. The number of carbonyl (C=O) groups excluding carboxylic acids is 2. The van der Waals surface area contributed by atoms with Gasteiger partial charge in [-0.05, 0) is 65.2 Å². The largest absolute Gasteiger partial charge is 0.463 e. The summed E-state index contributed by atoms with van der Waals surface area (Å²) in [7, 11) is 0. The predicted molar refractivity (Wildman–Crippen MR) is 135 cm³/mol. The smallest absolute Gasteiger partial charge is 0.306 e. The third kappa shape index (κ3) is 21.9. The number of unbranched alkanes of at least 4 members (excludes halogenated alkanes) is 12. The third-order valence-corrected chi connectivity index (χ3v) is 5.99. The molecule has 0 aliphatic heterocycles. The van der Waals surface area contributed by atoms with Gasteiger partial charge in [-0.15, -0.1) is 0 Å². The van der Waals surface area contributed by atoms with E-state index in [1.807, 2.05) is 27.7 Å². The molecule has 0 N–H and O–H groups in total. The summed E-state index contributed by atoms with van der Waals surface area (Å²) in [5.74, 6) is -0.0789. The number of carbonyl (C=O) groups is 2. The molecule has 4 heteroatoms. The third-order valence-electron chi connectivity index (χ3n) is 5.99. The minimum absolute atomic E-state index is 0.0357. The molecule has 0 heterocycles. The average molecular weight is 453 g/mol. The van der Waals surface area contributed by atoms with E-state index in [9.17, 15) is 9.59 Å². The summed E-state index contributed by atoms with van der Waals surface area (Å²) < 4.78 is 10.6. The van der Waals surface area contributed by atoms with Crippen LogP contribution in [0.3, 0.4) is 0 Å². The lowest BCUT2D eigenvalue weighted by molar-refractivity contribution is -0.149. The summed E-state index contributed by atoms with van der Waals surface area (Å²) in [6.07, 6.45) is 24.4. The van der Waals surface area contributed by atoms with Gasteiger partial charge in [0.05, 0.1) is 12.2 Å². The van der Waals surface area contributed by atoms with Crippen LogP contribution in [0.2, 0.25) is 0 Å². The number of hydrogen-bond acceptors (Lipinski definition) is 4. The van der Waals surface area contributed by atoms with Crippen LogP contribution in [0.4, 0.5) is 0 Å². The van der Waals surface area contributed by atoms with Crippen LogP contribution in [-0.2, 0) is 19.1 Å². The Morgan fingerprint density at radius 2 is 0.875 bits per heavy atom. The molecule has 0 spiro atoms. The molecule has 0 bridgehead atoms. The number of ether oxygens (including phenoxy) is 2. The van der Waals surface area contributed by atoms with Gasteiger partial charge in [0.2, 0.25) is 0 Å². The first-order chi connectivity index (χ1) is 15.5. The van der Waals surface area contributed by atoms with Crippen molar-refractivity contribution < 1.29 is 19.1 Å². The van der Waals surface area contributed by atoms with Crippen molar-refractivity contribution in [1.82, 2.24) is 0 Å². The van der Waals surface area contributed by atoms with Gasteiger partial charge in [-0.1, -0.05) is 77.4 Å². The second-order valence-electron chi connectivity index (χ2n) is 9.21. The summed E-state index contributed by atoms with van der Waals surface area (Å²) >= 11 is 0. The molecule has 2 unspecified atom stereocenters. The van der Waals surface area contributed by atoms with Crippen molar-refractivity contribution in [1.29, 1.82) is 0 Å². The van der Waals surface area contributed by atoms with Gasteiger partial charge in [-0.2, -0.15) is 0 Å². The fourth-order valence-electron chi connectivity index (χ4n) is 3.45. The van der Waals surface area contributed by atoms with Crippen molar-refractivity contribution >= 4 is 11.9 Å². The van der Waals surface area contributed by atoms with Gasteiger partial charge in [0.1, 0.15) is 0 Å². The first kappa shape index (κ1) is 30.7. The highest BCUT2D eigenvalue weighted by molar-refractivity contribution is 5.69. The molecule has 0 aromatic rings. The molecule has 0 amide bonds. The fourth-order valence-corrected chi connectivity index (χ4v) is 3.45. The quantitative estimate of drug-likeness (QED) is 0.0938. The molecule has 0 aliphatic rings. The number of rotatable bonds is 22. The van der Waals surface area contributed by atoms with E-state index in [0.717, 1.165) is 44.9 Å². The molecule has 0 aliphatic carbocycles. The molecule has 0 saturated carbocycles. The first-order valence-electron chi connectivity index (χ1n) is 13.5. The van der Waals surface area contributed by atoms with Crippen molar-refractivity contribution in [3.05, 3.63) is 12.2 Å². The Balaban J connectivity index is 3.28. The minimum atomic E-state index is -0.0432. The second kappa shape index (κ2) is 22.9. The van der Waals surface area contributed by atoms with E-state index >= 15 is 0 Å². The number of allylic oxidation sites excluding steroid dienone is 2. The van der Waals surface area contributed by atoms with Crippen LogP contribution in [0.15, 0.2) is 12.2 Å². The van der Waals surface area contributed by atoms with Crippen LogP contribution < -0.4 is 0 Å². The lowest BCUT2D eigenvalue weighted by Crippen LogP contribution is -2.13. The summed E-state index contributed by atoms with van der Waals surface area (Å²) in [6, 6.07) is 0. The fraction of sp³-hybridized carbons (Fsp3) is 0.857. The SMILES string of the molecule is CCC(C)OC(=O)CCCCCC/C=C/CCCCCCCCCCC(=O)OC(C)CC. The normalized spacial score (nSPS) is 13.2. The lowest BCUT2D eigenvalue weighted by Gasteiger charge is -2.10. The van der Waals surface area contributed by atoms with E-state index in [-0.39, 0.29) is 24.1 Å². The van der Waals surface area contributed by atoms with Gasteiger partial charge in [0, 0.05) is 12.8 Å². The van der Waals surface area contributed by atoms with E-state index in [2.05, 4.69) is 12.2 Å². The van der Waals surface area contributed by atoms with Gasteiger partial charge in [0.25, 0.3) is 0 Å². The van der Waals surface area contributed by atoms with Crippen LogP contribution in [0.1, 0.15) is 143 Å². The van der Waals surface area contributed by atoms with Crippen molar-refractivity contribution in [3.63, 3.8) is 0 Å². The zero-order valence-corrected chi connectivity index (χ0v) is 21.7. The first-order valence-corrected chi connectivity index (χ1v) is 13.5. The van der Waals surface area contributed by atoms with Crippen LogP contribution in [-0.4, -0.2) is 24.1 Å². The number of hydrogen-bond donors (Lipinski definition) is 0. The standard InChI is InChI=1S/C28H52O4/c1-5-25(3)31-27(29)23-21-19-17-15-13-11-9-7-8-10-12-14-16-18-20-22-24-28(30)32-26(4)6-2/h9,11,25-26H,5-8,10,12-24H2,1-4H3/b11-9+.